The average Bonchev–Trinajstić information content (AvgIpc) is 2.88. The second-order valence-electron chi connectivity index (χ2n) is 6.35. The van der Waals surface area contributed by atoms with Crippen LogP contribution in [0.2, 0.25) is 0 Å². The number of nitrogens with zero attached hydrogens (tertiary/aromatic N) is 2. The lowest BCUT2D eigenvalue weighted by Crippen LogP contribution is -2.57. The topological polar surface area (TPSA) is 35.6 Å². The van der Waals surface area contributed by atoms with Crippen LogP contribution in [0.15, 0.2) is 0 Å². The van der Waals surface area contributed by atoms with E-state index in [2.05, 4.69) is 36.1 Å². The number of rotatable bonds is 4. The van der Waals surface area contributed by atoms with E-state index < -0.39 is 0 Å². The largest absolute Gasteiger partial charge is 0.341 e. The fourth-order valence-electron chi connectivity index (χ4n) is 3.62. The number of likely N-dealkylation sites (tertiary alicyclic amines) is 1. The molecule has 1 unspecified atom stereocenters. The van der Waals surface area contributed by atoms with E-state index in [1.54, 1.807) is 0 Å². The molecule has 4 heteroatoms. The average molecular weight is 267 g/mol. The molecular weight excluding hydrogens is 238 g/mol. The summed E-state index contributed by atoms with van der Waals surface area (Å²) >= 11 is 0. The first-order chi connectivity index (χ1) is 9.09. The van der Waals surface area contributed by atoms with Gasteiger partial charge in [-0.1, -0.05) is 13.3 Å². The lowest BCUT2D eigenvalue weighted by atomic mass is 9.89. The SMILES string of the molecule is CCCC1(C(=O)N2CCC(N(C)C)CC2)CCCN1. The fraction of sp³-hybridized carbons (Fsp3) is 0.933. The van der Waals surface area contributed by atoms with Crippen LogP contribution in [0.5, 0.6) is 0 Å². The molecule has 0 radical (unpaired) electrons. The van der Waals surface area contributed by atoms with Crippen molar-refractivity contribution in [2.75, 3.05) is 33.7 Å². The molecule has 0 aromatic rings. The minimum Gasteiger partial charge on any atom is -0.341 e. The summed E-state index contributed by atoms with van der Waals surface area (Å²) < 4.78 is 0. The van der Waals surface area contributed by atoms with Crippen LogP contribution in [0, 0.1) is 0 Å². The predicted octanol–water partition coefficient (Wildman–Crippen LogP) is 1.46. The first-order valence-corrected chi connectivity index (χ1v) is 7.80. The molecule has 2 fully saturated rings. The van der Waals surface area contributed by atoms with Crippen molar-refractivity contribution in [2.45, 2.75) is 57.0 Å². The zero-order chi connectivity index (χ0) is 13.9. The Morgan fingerprint density at radius 1 is 1.37 bits per heavy atom. The number of amides is 1. The van der Waals surface area contributed by atoms with Gasteiger partial charge in [0.05, 0.1) is 5.54 Å². The van der Waals surface area contributed by atoms with E-state index >= 15 is 0 Å². The Morgan fingerprint density at radius 2 is 2.05 bits per heavy atom. The maximum absolute atomic E-state index is 12.8. The molecule has 0 aliphatic carbocycles. The summed E-state index contributed by atoms with van der Waals surface area (Å²) in [4.78, 5) is 17.2. The Bertz CT molecular complexity index is 303. The molecule has 1 N–H and O–H groups in total. The summed E-state index contributed by atoms with van der Waals surface area (Å²) in [7, 11) is 4.28. The minimum absolute atomic E-state index is 0.236. The molecule has 0 spiro atoms. The fourth-order valence-corrected chi connectivity index (χ4v) is 3.62. The van der Waals surface area contributed by atoms with Gasteiger partial charge in [-0.3, -0.25) is 4.79 Å². The van der Waals surface area contributed by atoms with Gasteiger partial charge in [-0.05, 0) is 52.7 Å². The van der Waals surface area contributed by atoms with Gasteiger partial charge in [0.15, 0.2) is 0 Å². The van der Waals surface area contributed by atoms with Crippen molar-refractivity contribution in [3.63, 3.8) is 0 Å². The van der Waals surface area contributed by atoms with E-state index in [-0.39, 0.29) is 5.54 Å². The smallest absolute Gasteiger partial charge is 0.242 e. The number of hydrogen-bond donors (Lipinski definition) is 1. The van der Waals surface area contributed by atoms with E-state index in [9.17, 15) is 4.79 Å². The highest BCUT2D eigenvalue weighted by Crippen LogP contribution is 2.28. The van der Waals surface area contributed by atoms with Crippen LogP contribution < -0.4 is 5.32 Å². The molecule has 1 atom stereocenters. The monoisotopic (exact) mass is 267 g/mol. The van der Waals surface area contributed by atoms with Crippen LogP contribution in [0.1, 0.15) is 45.4 Å². The van der Waals surface area contributed by atoms with Gasteiger partial charge in [0.2, 0.25) is 5.91 Å². The lowest BCUT2D eigenvalue weighted by Gasteiger charge is -2.40. The van der Waals surface area contributed by atoms with Gasteiger partial charge < -0.3 is 15.1 Å². The molecule has 0 bridgehead atoms. The Balaban J connectivity index is 1.96. The van der Waals surface area contributed by atoms with E-state index in [1.165, 1.54) is 0 Å². The number of hydrogen-bond acceptors (Lipinski definition) is 3. The van der Waals surface area contributed by atoms with E-state index in [0.717, 1.165) is 58.2 Å². The molecule has 0 aromatic heterocycles. The van der Waals surface area contributed by atoms with Crippen molar-refractivity contribution in [1.29, 1.82) is 0 Å². The van der Waals surface area contributed by atoms with Crippen LogP contribution in [0.3, 0.4) is 0 Å². The maximum atomic E-state index is 12.8. The third-order valence-corrected chi connectivity index (χ3v) is 4.81. The van der Waals surface area contributed by atoms with Crippen LogP contribution >= 0.6 is 0 Å². The molecule has 110 valence electrons. The second-order valence-corrected chi connectivity index (χ2v) is 6.35. The zero-order valence-corrected chi connectivity index (χ0v) is 12.7. The van der Waals surface area contributed by atoms with Crippen LogP contribution in [-0.2, 0) is 4.79 Å². The van der Waals surface area contributed by atoms with Crippen molar-refractivity contribution in [3.8, 4) is 0 Å². The molecule has 19 heavy (non-hydrogen) atoms. The van der Waals surface area contributed by atoms with Crippen LogP contribution in [-0.4, -0.2) is 61.0 Å². The summed E-state index contributed by atoms with van der Waals surface area (Å²) in [6, 6.07) is 0.641. The first kappa shape index (κ1) is 14.8. The van der Waals surface area contributed by atoms with Gasteiger partial charge in [0, 0.05) is 19.1 Å². The predicted molar refractivity (Wildman–Crippen MR) is 78.2 cm³/mol. The van der Waals surface area contributed by atoms with Gasteiger partial charge in [-0.25, -0.2) is 0 Å². The Morgan fingerprint density at radius 3 is 2.53 bits per heavy atom. The molecule has 1 amide bonds. The molecule has 0 aromatic carbocycles. The van der Waals surface area contributed by atoms with Gasteiger partial charge in [0.1, 0.15) is 0 Å². The van der Waals surface area contributed by atoms with Crippen molar-refractivity contribution in [2.24, 2.45) is 0 Å². The highest BCUT2D eigenvalue weighted by molar-refractivity contribution is 5.86. The third-order valence-electron chi connectivity index (χ3n) is 4.81. The second kappa shape index (κ2) is 6.23. The minimum atomic E-state index is -0.236. The Hall–Kier alpha value is -0.610. The molecule has 4 nitrogen and oxygen atoms in total. The third kappa shape index (κ3) is 3.11. The lowest BCUT2D eigenvalue weighted by molar-refractivity contribution is -0.139. The number of nitrogens with one attached hydrogen (secondary N) is 1. The molecule has 2 rings (SSSR count). The van der Waals surface area contributed by atoms with Gasteiger partial charge in [-0.15, -0.1) is 0 Å². The summed E-state index contributed by atoms with van der Waals surface area (Å²) in [5.74, 6) is 0.365. The van der Waals surface area contributed by atoms with E-state index in [4.69, 9.17) is 0 Å². The zero-order valence-electron chi connectivity index (χ0n) is 12.7. The van der Waals surface area contributed by atoms with Gasteiger partial charge in [-0.2, -0.15) is 0 Å². The first-order valence-electron chi connectivity index (χ1n) is 7.80. The highest BCUT2D eigenvalue weighted by Gasteiger charge is 2.43. The highest BCUT2D eigenvalue weighted by atomic mass is 16.2. The molecule has 0 saturated carbocycles. The standard InChI is InChI=1S/C15H29N3O/c1-4-8-15(9-5-10-16-15)14(19)18-11-6-13(7-12-18)17(2)3/h13,16H,4-12H2,1-3H3. The summed E-state index contributed by atoms with van der Waals surface area (Å²) in [6.07, 6.45) is 6.45. The van der Waals surface area contributed by atoms with Crippen molar-refractivity contribution in [3.05, 3.63) is 0 Å². The number of carbonyl (C=O) groups excluding carboxylic acids is 1. The molecule has 2 aliphatic rings. The van der Waals surface area contributed by atoms with Crippen LogP contribution in [0.25, 0.3) is 0 Å². The molecule has 2 aliphatic heterocycles. The van der Waals surface area contributed by atoms with Gasteiger partial charge in [0.25, 0.3) is 0 Å². The maximum Gasteiger partial charge on any atom is 0.242 e. The Kier molecular flexibility index (Phi) is 4.85. The summed E-state index contributed by atoms with van der Waals surface area (Å²) in [6.45, 7) is 5.02. The van der Waals surface area contributed by atoms with Crippen molar-refractivity contribution in [1.82, 2.24) is 15.1 Å². The van der Waals surface area contributed by atoms with Crippen molar-refractivity contribution < 1.29 is 4.79 Å². The number of piperidine rings is 1. The number of carbonyl (C=O) groups is 1. The van der Waals surface area contributed by atoms with E-state index in [0.29, 0.717) is 11.9 Å². The van der Waals surface area contributed by atoms with Crippen LogP contribution in [0.4, 0.5) is 0 Å². The Labute approximate surface area is 117 Å². The molecule has 2 saturated heterocycles. The summed E-state index contributed by atoms with van der Waals surface area (Å²) in [5, 5.41) is 3.50. The quantitative estimate of drug-likeness (QED) is 0.837. The summed E-state index contributed by atoms with van der Waals surface area (Å²) in [5.41, 5.74) is -0.236. The normalized spacial score (nSPS) is 29.2. The molecule has 2 heterocycles. The van der Waals surface area contributed by atoms with Crippen molar-refractivity contribution >= 4 is 5.91 Å². The molecular formula is C15H29N3O. The van der Waals surface area contributed by atoms with E-state index in [1.807, 2.05) is 0 Å². The van der Waals surface area contributed by atoms with Gasteiger partial charge >= 0.3 is 0 Å².